The van der Waals surface area contributed by atoms with Crippen LogP contribution in [0.25, 0.3) is 5.69 Å². The van der Waals surface area contributed by atoms with Crippen molar-refractivity contribution in [2.75, 3.05) is 0 Å². The molecule has 2 heterocycles. The molecule has 0 fully saturated rings. The fraction of sp³-hybridized carbons (Fsp3) is 0.286. The van der Waals surface area contributed by atoms with Crippen LogP contribution in [0.3, 0.4) is 0 Å². The number of fused-ring (bicyclic) bond motifs is 2. The van der Waals surface area contributed by atoms with E-state index >= 15 is 0 Å². The number of aromatic nitrogens is 1. The molecule has 1 aliphatic heterocycles. The maximum atomic E-state index is 14.5. The lowest BCUT2D eigenvalue weighted by molar-refractivity contribution is -0.571. The molecule has 2 nitrogen and oxygen atoms in total. The number of benzene rings is 2. The fourth-order valence-electron chi connectivity index (χ4n) is 3.88. The van der Waals surface area contributed by atoms with E-state index in [-0.39, 0.29) is 11.1 Å². The quantitative estimate of drug-likeness (QED) is 0.486. The summed E-state index contributed by atoms with van der Waals surface area (Å²) in [5, 5.41) is 1.03. The summed E-state index contributed by atoms with van der Waals surface area (Å²) >= 11 is 1.73. The lowest BCUT2D eigenvalue weighted by Crippen LogP contribution is -2.53. The van der Waals surface area contributed by atoms with Gasteiger partial charge in [0.05, 0.1) is 4.88 Å². The summed E-state index contributed by atoms with van der Waals surface area (Å²) in [7, 11) is -2.73. The van der Waals surface area contributed by atoms with E-state index in [0.717, 1.165) is 16.4 Å². The van der Waals surface area contributed by atoms with Crippen LogP contribution in [0.15, 0.2) is 60.1 Å². The molecule has 2 aromatic carbocycles. The Labute approximate surface area is 153 Å². The first-order chi connectivity index (χ1) is 11.9. The lowest BCUT2D eigenvalue weighted by atomic mass is 9.83. The third-order valence-corrected chi connectivity index (χ3v) is 10.3. The zero-order valence-electron chi connectivity index (χ0n) is 15.1. The van der Waals surface area contributed by atoms with Gasteiger partial charge in [0, 0.05) is 28.5 Å². The molecule has 0 aliphatic carbocycles. The molecule has 128 valence electrons. The smallest absolute Gasteiger partial charge is 0.264 e. The molecular weight excluding hydrogens is 345 g/mol. The van der Waals surface area contributed by atoms with Crippen LogP contribution in [0.4, 0.5) is 0 Å². The zero-order valence-corrected chi connectivity index (χ0v) is 16.8. The molecule has 0 bridgehead atoms. The number of thiazole rings is 1. The van der Waals surface area contributed by atoms with Gasteiger partial charge in [-0.15, -0.1) is 4.57 Å². The molecule has 1 atom stereocenters. The predicted molar refractivity (Wildman–Crippen MR) is 106 cm³/mol. The number of para-hydroxylation sites is 1. The fourth-order valence-corrected chi connectivity index (χ4v) is 8.93. The van der Waals surface area contributed by atoms with E-state index in [0.29, 0.717) is 0 Å². The summed E-state index contributed by atoms with van der Waals surface area (Å²) in [6, 6.07) is 18.6. The minimum Gasteiger partial charge on any atom is -0.307 e. The van der Waals surface area contributed by atoms with Gasteiger partial charge in [-0.1, -0.05) is 81.5 Å². The molecule has 0 amide bonds. The van der Waals surface area contributed by atoms with E-state index in [1.165, 1.54) is 10.4 Å². The second-order valence-electron chi connectivity index (χ2n) is 7.48. The van der Waals surface area contributed by atoms with Crippen LogP contribution in [0, 0.1) is 0 Å². The first-order valence-corrected chi connectivity index (χ1v) is 11.3. The number of hydrogen-bond acceptors (Lipinski definition) is 2. The predicted octanol–water partition coefficient (Wildman–Crippen LogP) is 4.39. The minimum atomic E-state index is -2.73. The van der Waals surface area contributed by atoms with Crippen LogP contribution in [0.5, 0.6) is 0 Å². The third kappa shape index (κ3) is 2.22. The van der Waals surface area contributed by atoms with Crippen molar-refractivity contribution >= 4 is 29.2 Å². The van der Waals surface area contributed by atoms with E-state index in [1.807, 2.05) is 24.3 Å². The molecule has 0 spiro atoms. The molecule has 4 rings (SSSR count). The molecule has 3 aromatic rings. The van der Waals surface area contributed by atoms with Gasteiger partial charge in [-0.05, 0) is 5.56 Å². The second-order valence-corrected chi connectivity index (χ2v) is 11.6. The van der Waals surface area contributed by atoms with Gasteiger partial charge in [0.1, 0.15) is 0 Å². The normalized spacial score (nSPS) is 21.0. The topological polar surface area (TPSA) is 20.9 Å². The molecule has 0 saturated heterocycles. The standard InChI is InChI=1S/C21H23NOPS/c1-15(2)24(23)18-13-9-8-12-17(18)21(3,4)19-20(24)22(14-25-19)16-10-6-5-7-11-16/h5-15H,1-4H3/q+1. The monoisotopic (exact) mass is 368 g/mol. The highest BCUT2D eigenvalue weighted by Crippen LogP contribution is 2.56. The molecule has 4 heteroatoms. The summed E-state index contributed by atoms with van der Waals surface area (Å²) in [5.74, 6) is 0. The van der Waals surface area contributed by atoms with Crippen molar-refractivity contribution < 1.29 is 9.13 Å². The van der Waals surface area contributed by atoms with Gasteiger partial charge < -0.3 is 4.57 Å². The largest absolute Gasteiger partial charge is 0.307 e. The number of nitrogens with zero attached hydrogens (tertiary/aromatic N) is 1. The Morgan fingerprint density at radius 2 is 1.64 bits per heavy atom. The molecule has 0 radical (unpaired) electrons. The number of hydrogen-bond donors (Lipinski definition) is 0. The van der Waals surface area contributed by atoms with Gasteiger partial charge in [-0.3, -0.25) is 0 Å². The minimum absolute atomic E-state index is 0.0630. The molecule has 1 aromatic heterocycles. The summed E-state index contributed by atoms with van der Waals surface area (Å²) in [6.45, 7) is 8.68. The highest BCUT2D eigenvalue weighted by molar-refractivity contribution is 7.79. The summed E-state index contributed by atoms with van der Waals surface area (Å²) in [5.41, 5.74) is 5.36. The molecule has 1 aliphatic rings. The maximum Gasteiger partial charge on any atom is 0.264 e. The highest BCUT2D eigenvalue weighted by atomic mass is 32.1. The molecule has 0 N–H and O–H groups in total. The van der Waals surface area contributed by atoms with Gasteiger partial charge in [-0.2, -0.15) is 0 Å². The Morgan fingerprint density at radius 3 is 2.32 bits per heavy atom. The maximum absolute atomic E-state index is 14.5. The van der Waals surface area contributed by atoms with E-state index in [9.17, 15) is 4.57 Å². The SMILES string of the molecule is CC(C)P1(=O)c2ccccc2C(C)(C)c2sc[n+](-c3ccccc3)c21. The van der Waals surface area contributed by atoms with Crippen LogP contribution >= 0.6 is 18.5 Å². The number of rotatable bonds is 2. The van der Waals surface area contributed by atoms with Crippen LogP contribution in [0.2, 0.25) is 0 Å². The van der Waals surface area contributed by atoms with E-state index in [4.69, 9.17) is 0 Å². The second kappa shape index (κ2) is 5.65. The zero-order chi connectivity index (χ0) is 17.8. The van der Waals surface area contributed by atoms with Gasteiger partial charge in [0.15, 0.2) is 0 Å². The Bertz CT molecular complexity index is 988. The average Bonchev–Trinajstić information content (AvgIpc) is 3.07. The molecule has 1 unspecified atom stereocenters. The third-order valence-electron chi connectivity index (χ3n) is 5.29. The van der Waals surface area contributed by atoms with Crippen molar-refractivity contribution in [2.24, 2.45) is 0 Å². The van der Waals surface area contributed by atoms with Crippen LogP contribution < -0.4 is 15.3 Å². The van der Waals surface area contributed by atoms with E-state index < -0.39 is 7.14 Å². The average molecular weight is 368 g/mol. The Balaban J connectivity index is 2.11. The van der Waals surface area contributed by atoms with Crippen molar-refractivity contribution in [3.8, 4) is 5.69 Å². The summed E-state index contributed by atoms with van der Waals surface area (Å²) in [6.07, 6.45) is 0. The van der Waals surface area contributed by atoms with Gasteiger partial charge in [0.25, 0.3) is 5.44 Å². The van der Waals surface area contributed by atoms with Crippen molar-refractivity contribution in [3.63, 3.8) is 0 Å². The summed E-state index contributed by atoms with van der Waals surface area (Å²) in [4.78, 5) is 1.23. The van der Waals surface area contributed by atoms with E-state index in [2.05, 4.69) is 68.1 Å². The van der Waals surface area contributed by atoms with Gasteiger partial charge in [0.2, 0.25) is 18.3 Å². The van der Waals surface area contributed by atoms with Crippen molar-refractivity contribution in [1.29, 1.82) is 0 Å². The molecular formula is C21H23NOPS+. The van der Waals surface area contributed by atoms with Crippen molar-refractivity contribution in [3.05, 3.63) is 70.5 Å². The summed E-state index contributed by atoms with van der Waals surface area (Å²) < 4.78 is 16.7. The van der Waals surface area contributed by atoms with Crippen molar-refractivity contribution in [2.45, 2.75) is 38.8 Å². The Hall–Kier alpha value is -1.70. The Kier molecular flexibility index (Phi) is 3.79. The van der Waals surface area contributed by atoms with Crippen molar-refractivity contribution in [1.82, 2.24) is 0 Å². The highest BCUT2D eigenvalue weighted by Gasteiger charge is 2.53. The first-order valence-electron chi connectivity index (χ1n) is 8.68. The van der Waals surface area contributed by atoms with Crippen LogP contribution in [0.1, 0.15) is 38.1 Å². The van der Waals surface area contributed by atoms with Gasteiger partial charge in [-0.25, -0.2) is 0 Å². The van der Waals surface area contributed by atoms with E-state index in [1.54, 1.807) is 11.3 Å². The molecule has 25 heavy (non-hydrogen) atoms. The Morgan fingerprint density at radius 1 is 1.00 bits per heavy atom. The lowest BCUT2D eigenvalue weighted by Gasteiger charge is -2.35. The van der Waals surface area contributed by atoms with Gasteiger partial charge >= 0.3 is 0 Å². The first kappa shape index (κ1) is 16.8. The van der Waals surface area contributed by atoms with Crippen LogP contribution in [-0.2, 0) is 9.98 Å². The van der Waals surface area contributed by atoms with Crippen LogP contribution in [-0.4, -0.2) is 5.66 Å². The molecule has 0 saturated carbocycles.